The molecule has 0 aliphatic heterocycles. The highest BCUT2D eigenvalue weighted by atomic mass is 32.2. The predicted octanol–water partition coefficient (Wildman–Crippen LogP) is 4.97. The van der Waals surface area contributed by atoms with Crippen molar-refractivity contribution in [3.8, 4) is 11.5 Å². The molecule has 0 spiro atoms. The Morgan fingerprint density at radius 2 is 1.63 bits per heavy atom. The zero-order chi connectivity index (χ0) is 31.4. The van der Waals surface area contributed by atoms with E-state index in [-0.39, 0.29) is 28.8 Å². The summed E-state index contributed by atoms with van der Waals surface area (Å²) >= 11 is 0. The molecule has 9 nitrogen and oxygen atoms in total. The number of hydrogen-bond donors (Lipinski definition) is 1. The first-order chi connectivity index (χ1) is 20.7. The summed E-state index contributed by atoms with van der Waals surface area (Å²) in [4.78, 5) is 29.1. The number of rotatable bonds is 16. The van der Waals surface area contributed by atoms with Crippen LogP contribution in [0.15, 0.2) is 77.7 Å². The zero-order valence-electron chi connectivity index (χ0n) is 25.7. The Labute approximate surface area is 255 Å². The van der Waals surface area contributed by atoms with Crippen molar-refractivity contribution in [1.82, 2.24) is 10.2 Å². The number of anilines is 1. The van der Waals surface area contributed by atoms with E-state index < -0.39 is 28.5 Å². The standard InChI is InChI=1S/C33H43N3O6S/c1-6-8-21-34-33(38)29(7-2)35(22-20-26-12-10-9-11-13-26)32(37)24-36(30-23-27(41-4)16-19-31(30)42-5)43(39,40)28-17-14-25(3)15-18-28/h9-19,23,29H,6-8,20-22,24H2,1-5H3,(H,34,38). The van der Waals surface area contributed by atoms with Gasteiger partial charge in [-0.3, -0.25) is 13.9 Å². The number of carbonyl (C=O) groups is 2. The van der Waals surface area contributed by atoms with Gasteiger partial charge in [-0.2, -0.15) is 0 Å². The lowest BCUT2D eigenvalue weighted by molar-refractivity contribution is -0.139. The molecular weight excluding hydrogens is 566 g/mol. The average molecular weight is 610 g/mol. The first kappa shape index (κ1) is 33.5. The molecule has 1 unspecified atom stereocenters. The second-order valence-electron chi connectivity index (χ2n) is 10.3. The molecule has 232 valence electrons. The molecule has 0 radical (unpaired) electrons. The quantitative estimate of drug-likeness (QED) is 0.230. The molecule has 1 N–H and O–H groups in total. The third kappa shape index (κ3) is 8.73. The van der Waals surface area contributed by atoms with Crippen molar-refractivity contribution >= 4 is 27.5 Å². The number of unbranched alkanes of at least 4 members (excludes halogenated alkanes) is 1. The second kappa shape index (κ2) is 16.0. The van der Waals surface area contributed by atoms with Crippen molar-refractivity contribution in [2.75, 3.05) is 38.2 Å². The molecule has 0 aliphatic carbocycles. The van der Waals surface area contributed by atoms with Gasteiger partial charge in [0.2, 0.25) is 11.8 Å². The average Bonchev–Trinajstić information content (AvgIpc) is 3.02. The van der Waals surface area contributed by atoms with E-state index in [0.29, 0.717) is 25.1 Å². The van der Waals surface area contributed by atoms with Gasteiger partial charge in [-0.15, -0.1) is 0 Å². The molecule has 0 aromatic heterocycles. The van der Waals surface area contributed by atoms with Gasteiger partial charge < -0.3 is 19.7 Å². The Morgan fingerprint density at radius 3 is 2.23 bits per heavy atom. The van der Waals surface area contributed by atoms with Crippen molar-refractivity contribution in [3.05, 3.63) is 83.9 Å². The lowest BCUT2D eigenvalue weighted by Crippen LogP contribution is -2.53. The van der Waals surface area contributed by atoms with Crippen LogP contribution in [0.3, 0.4) is 0 Å². The Hall–Kier alpha value is -4.05. The van der Waals surface area contributed by atoms with Crippen LogP contribution in [0.2, 0.25) is 0 Å². The van der Waals surface area contributed by atoms with Crippen molar-refractivity contribution in [2.24, 2.45) is 0 Å². The fourth-order valence-corrected chi connectivity index (χ4v) is 6.16. The van der Waals surface area contributed by atoms with Gasteiger partial charge in [-0.25, -0.2) is 8.42 Å². The van der Waals surface area contributed by atoms with Crippen LogP contribution in [0.1, 0.15) is 44.2 Å². The fourth-order valence-electron chi connectivity index (χ4n) is 4.74. The molecule has 10 heteroatoms. The zero-order valence-corrected chi connectivity index (χ0v) is 26.5. The van der Waals surface area contributed by atoms with Crippen LogP contribution < -0.4 is 19.1 Å². The number of aryl methyl sites for hydroxylation is 1. The maximum Gasteiger partial charge on any atom is 0.264 e. The lowest BCUT2D eigenvalue weighted by Gasteiger charge is -2.33. The first-order valence-electron chi connectivity index (χ1n) is 14.6. The van der Waals surface area contributed by atoms with Gasteiger partial charge in [0, 0.05) is 19.2 Å². The maximum absolute atomic E-state index is 14.2. The van der Waals surface area contributed by atoms with Crippen LogP contribution in [0.4, 0.5) is 5.69 Å². The van der Waals surface area contributed by atoms with Crippen molar-refractivity contribution < 1.29 is 27.5 Å². The van der Waals surface area contributed by atoms with E-state index in [4.69, 9.17) is 9.47 Å². The number of carbonyl (C=O) groups excluding carboxylic acids is 2. The summed E-state index contributed by atoms with van der Waals surface area (Å²) in [5, 5.41) is 2.95. The van der Waals surface area contributed by atoms with Gasteiger partial charge in [-0.05, 0) is 56.0 Å². The molecule has 0 fully saturated rings. The van der Waals surface area contributed by atoms with E-state index in [9.17, 15) is 18.0 Å². The number of ether oxygens (including phenoxy) is 2. The predicted molar refractivity (Wildman–Crippen MR) is 169 cm³/mol. The van der Waals surface area contributed by atoms with Crippen LogP contribution in [-0.4, -0.2) is 65.0 Å². The summed E-state index contributed by atoms with van der Waals surface area (Å²) in [6, 6.07) is 20.1. The highest BCUT2D eigenvalue weighted by Crippen LogP contribution is 2.36. The highest BCUT2D eigenvalue weighted by Gasteiger charge is 2.34. The third-order valence-corrected chi connectivity index (χ3v) is 9.02. The van der Waals surface area contributed by atoms with Crippen LogP contribution in [-0.2, 0) is 26.0 Å². The second-order valence-corrected chi connectivity index (χ2v) is 12.1. The summed E-state index contributed by atoms with van der Waals surface area (Å²) in [7, 11) is -1.33. The van der Waals surface area contributed by atoms with Crippen molar-refractivity contribution in [1.29, 1.82) is 0 Å². The Balaban J connectivity index is 2.07. The lowest BCUT2D eigenvalue weighted by atomic mass is 10.1. The monoisotopic (exact) mass is 609 g/mol. The summed E-state index contributed by atoms with van der Waals surface area (Å²) in [5.41, 5.74) is 2.05. The minimum absolute atomic E-state index is 0.0240. The molecule has 0 bridgehead atoms. The van der Waals surface area contributed by atoms with E-state index in [2.05, 4.69) is 5.32 Å². The highest BCUT2D eigenvalue weighted by molar-refractivity contribution is 7.92. The van der Waals surface area contributed by atoms with E-state index in [1.54, 1.807) is 24.3 Å². The maximum atomic E-state index is 14.2. The molecule has 0 saturated carbocycles. The molecule has 2 amide bonds. The van der Waals surface area contributed by atoms with Gasteiger partial charge >= 0.3 is 0 Å². The molecular formula is C33H43N3O6S. The summed E-state index contributed by atoms with van der Waals surface area (Å²) in [5.74, 6) is -0.113. The first-order valence-corrected chi connectivity index (χ1v) is 16.0. The van der Waals surface area contributed by atoms with Gasteiger partial charge in [-0.1, -0.05) is 68.3 Å². The van der Waals surface area contributed by atoms with Crippen molar-refractivity contribution in [3.63, 3.8) is 0 Å². The van der Waals surface area contributed by atoms with Gasteiger partial charge in [0.25, 0.3) is 10.0 Å². The van der Waals surface area contributed by atoms with Crippen LogP contribution in [0.25, 0.3) is 0 Å². The molecule has 0 saturated heterocycles. The summed E-state index contributed by atoms with van der Waals surface area (Å²) in [6.45, 7) is 5.93. The number of nitrogens with zero attached hydrogens (tertiary/aromatic N) is 2. The van der Waals surface area contributed by atoms with Crippen LogP contribution in [0.5, 0.6) is 11.5 Å². The van der Waals surface area contributed by atoms with E-state index in [1.165, 1.54) is 37.3 Å². The summed E-state index contributed by atoms with van der Waals surface area (Å²) in [6.07, 6.45) is 2.60. The van der Waals surface area contributed by atoms with Gasteiger partial charge in [0.05, 0.1) is 24.8 Å². The molecule has 43 heavy (non-hydrogen) atoms. The van der Waals surface area contributed by atoms with E-state index in [1.807, 2.05) is 51.1 Å². The van der Waals surface area contributed by atoms with Gasteiger partial charge in [0.15, 0.2) is 0 Å². The number of nitrogens with one attached hydrogen (secondary N) is 1. The third-order valence-electron chi connectivity index (χ3n) is 7.24. The van der Waals surface area contributed by atoms with Crippen LogP contribution in [0, 0.1) is 6.92 Å². The minimum atomic E-state index is -4.24. The molecule has 1 atom stereocenters. The Morgan fingerprint density at radius 1 is 0.930 bits per heavy atom. The minimum Gasteiger partial charge on any atom is -0.497 e. The number of sulfonamides is 1. The number of amides is 2. The van der Waals surface area contributed by atoms with Crippen molar-refractivity contribution in [2.45, 2.75) is 57.4 Å². The smallest absolute Gasteiger partial charge is 0.264 e. The molecule has 3 aromatic rings. The molecule has 3 rings (SSSR count). The molecule has 0 heterocycles. The largest absolute Gasteiger partial charge is 0.497 e. The van der Waals surface area contributed by atoms with E-state index >= 15 is 0 Å². The molecule has 3 aromatic carbocycles. The number of hydrogen-bond acceptors (Lipinski definition) is 6. The topological polar surface area (TPSA) is 105 Å². The Kier molecular flexibility index (Phi) is 12.4. The Bertz CT molecular complexity index is 1450. The SMILES string of the molecule is CCCCNC(=O)C(CC)N(CCc1ccccc1)C(=O)CN(c1cc(OC)ccc1OC)S(=O)(=O)c1ccc(C)cc1. The normalized spacial score (nSPS) is 11.8. The van der Waals surface area contributed by atoms with E-state index in [0.717, 1.165) is 28.3 Å². The molecule has 0 aliphatic rings. The number of methoxy groups -OCH3 is 2. The fraction of sp³-hybridized carbons (Fsp3) is 0.394. The van der Waals surface area contributed by atoms with Gasteiger partial charge in [0.1, 0.15) is 24.1 Å². The summed E-state index contributed by atoms with van der Waals surface area (Å²) < 4.78 is 40.3. The van der Waals surface area contributed by atoms with Crippen LogP contribution >= 0.6 is 0 Å². The number of benzene rings is 3.